The van der Waals surface area contributed by atoms with Gasteiger partial charge < -0.3 is 9.47 Å². The maximum atomic E-state index is 13.5. The summed E-state index contributed by atoms with van der Waals surface area (Å²) in [7, 11) is 1.17. The van der Waals surface area contributed by atoms with Gasteiger partial charge in [0, 0.05) is 13.0 Å². The van der Waals surface area contributed by atoms with Crippen molar-refractivity contribution < 1.29 is 27.8 Å². The highest BCUT2D eigenvalue weighted by atomic mass is 19.3. The Hall–Kier alpha value is -1.40. The number of rotatable bonds is 1. The van der Waals surface area contributed by atoms with E-state index in [4.69, 9.17) is 4.74 Å². The number of ether oxygens (including phenoxy) is 2. The maximum Gasteiger partial charge on any atom is 0.411 e. The molecule has 0 aromatic heterocycles. The highest BCUT2D eigenvalue weighted by molar-refractivity contribution is 5.82. The van der Waals surface area contributed by atoms with Crippen molar-refractivity contribution in [1.29, 1.82) is 0 Å². The lowest BCUT2D eigenvalue weighted by Crippen LogP contribution is -2.44. The SMILES string of the molecule is COC(=O)[C@@H]1C[C@]2(CN1C(=O)OC(C)(C)C)CC2(F)F. The molecule has 1 amide bonds. The van der Waals surface area contributed by atoms with E-state index in [1.54, 1.807) is 20.8 Å². The molecule has 2 fully saturated rings. The van der Waals surface area contributed by atoms with Gasteiger partial charge >= 0.3 is 12.1 Å². The van der Waals surface area contributed by atoms with Crippen LogP contribution in [-0.4, -0.2) is 48.2 Å². The predicted molar refractivity (Wildman–Crippen MR) is 65.4 cm³/mol. The van der Waals surface area contributed by atoms with Crippen molar-refractivity contribution in [3.05, 3.63) is 0 Å². The van der Waals surface area contributed by atoms with Crippen molar-refractivity contribution in [2.75, 3.05) is 13.7 Å². The molecule has 1 heterocycles. The zero-order valence-corrected chi connectivity index (χ0v) is 12.0. The second kappa shape index (κ2) is 4.30. The second-order valence-corrected chi connectivity index (χ2v) is 6.51. The van der Waals surface area contributed by atoms with E-state index in [1.807, 2.05) is 0 Å². The Balaban J connectivity index is 2.17. The minimum Gasteiger partial charge on any atom is -0.467 e. The van der Waals surface area contributed by atoms with E-state index in [-0.39, 0.29) is 19.4 Å². The summed E-state index contributed by atoms with van der Waals surface area (Å²) in [6.07, 6.45) is -1.13. The Labute approximate surface area is 116 Å². The number of hydrogen-bond donors (Lipinski definition) is 0. The first-order chi connectivity index (χ1) is 9.01. The molecule has 114 valence electrons. The van der Waals surface area contributed by atoms with Crippen LogP contribution in [0.15, 0.2) is 0 Å². The molecule has 2 aliphatic rings. The molecule has 20 heavy (non-hydrogen) atoms. The van der Waals surface area contributed by atoms with E-state index in [2.05, 4.69) is 4.74 Å². The van der Waals surface area contributed by atoms with Gasteiger partial charge in [-0.25, -0.2) is 18.4 Å². The van der Waals surface area contributed by atoms with Crippen molar-refractivity contribution in [2.45, 2.75) is 51.2 Å². The molecule has 0 bridgehead atoms. The van der Waals surface area contributed by atoms with Crippen molar-refractivity contribution in [1.82, 2.24) is 4.90 Å². The number of hydrogen-bond acceptors (Lipinski definition) is 4. The minimum absolute atomic E-state index is 0.0775. The number of likely N-dealkylation sites (tertiary alicyclic amines) is 1. The number of carbonyl (C=O) groups is 2. The summed E-state index contributed by atoms with van der Waals surface area (Å²) in [6, 6.07) is -0.997. The van der Waals surface area contributed by atoms with Gasteiger partial charge in [0.05, 0.1) is 12.5 Å². The van der Waals surface area contributed by atoms with E-state index in [0.29, 0.717) is 0 Å². The van der Waals surface area contributed by atoms with Crippen molar-refractivity contribution in [3.8, 4) is 0 Å². The van der Waals surface area contributed by atoms with Crippen LogP contribution in [0, 0.1) is 5.41 Å². The third-order valence-electron chi connectivity index (χ3n) is 3.75. The van der Waals surface area contributed by atoms with Gasteiger partial charge in [0.25, 0.3) is 5.92 Å². The van der Waals surface area contributed by atoms with Crippen LogP contribution in [0.2, 0.25) is 0 Å². The Bertz CT molecular complexity index is 446. The number of nitrogens with zero attached hydrogens (tertiary/aromatic N) is 1. The van der Waals surface area contributed by atoms with Gasteiger partial charge in [-0.1, -0.05) is 0 Å². The average Bonchev–Trinajstić information content (AvgIpc) is 2.67. The van der Waals surface area contributed by atoms with Crippen LogP contribution in [0.25, 0.3) is 0 Å². The Kier molecular flexibility index (Phi) is 3.22. The monoisotopic (exact) mass is 291 g/mol. The Morgan fingerprint density at radius 3 is 2.25 bits per heavy atom. The van der Waals surface area contributed by atoms with Gasteiger partial charge in [0.2, 0.25) is 0 Å². The number of carbonyl (C=O) groups excluding carboxylic acids is 2. The van der Waals surface area contributed by atoms with Crippen molar-refractivity contribution in [2.24, 2.45) is 5.41 Å². The van der Waals surface area contributed by atoms with E-state index in [1.165, 1.54) is 7.11 Å². The number of halogens is 2. The zero-order valence-electron chi connectivity index (χ0n) is 12.0. The molecule has 1 aliphatic carbocycles. The molecule has 1 saturated heterocycles. The second-order valence-electron chi connectivity index (χ2n) is 6.51. The standard InChI is InChI=1S/C13H19F2NO4/c1-11(2,3)20-10(18)16-7-12(6-13(12,14)15)5-8(16)9(17)19-4/h8H,5-7H2,1-4H3/t8-,12+/m0/s1. The number of esters is 1. The highest BCUT2D eigenvalue weighted by Crippen LogP contribution is 2.66. The molecule has 1 saturated carbocycles. The lowest BCUT2D eigenvalue weighted by molar-refractivity contribution is -0.145. The molecule has 0 aromatic rings. The summed E-state index contributed by atoms with van der Waals surface area (Å²) in [5.74, 6) is -3.51. The van der Waals surface area contributed by atoms with Crippen molar-refractivity contribution in [3.63, 3.8) is 0 Å². The summed E-state index contributed by atoms with van der Waals surface area (Å²) in [5, 5.41) is 0. The zero-order chi connectivity index (χ0) is 15.3. The summed E-state index contributed by atoms with van der Waals surface area (Å²) >= 11 is 0. The largest absolute Gasteiger partial charge is 0.467 e. The molecule has 0 unspecified atom stereocenters. The minimum atomic E-state index is -2.82. The molecule has 1 spiro atoms. The first-order valence-corrected chi connectivity index (χ1v) is 6.47. The molecular weight excluding hydrogens is 272 g/mol. The molecule has 7 heteroatoms. The Morgan fingerprint density at radius 1 is 1.30 bits per heavy atom. The third kappa shape index (κ3) is 2.45. The van der Waals surface area contributed by atoms with E-state index < -0.39 is 35.0 Å². The lowest BCUT2D eigenvalue weighted by Gasteiger charge is -2.27. The molecule has 1 aliphatic heterocycles. The molecule has 2 rings (SSSR count). The first kappa shape index (κ1) is 15.0. The molecule has 5 nitrogen and oxygen atoms in total. The van der Waals surface area contributed by atoms with Gasteiger partial charge in [-0.05, 0) is 27.2 Å². The molecule has 0 radical (unpaired) electrons. The Morgan fingerprint density at radius 2 is 1.85 bits per heavy atom. The van der Waals surface area contributed by atoms with Crippen LogP contribution in [0.1, 0.15) is 33.6 Å². The molecule has 0 N–H and O–H groups in total. The quantitative estimate of drug-likeness (QED) is 0.695. The molecule has 2 atom stereocenters. The molecular formula is C13H19F2NO4. The third-order valence-corrected chi connectivity index (χ3v) is 3.75. The number of methoxy groups -OCH3 is 1. The average molecular weight is 291 g/mol. The van der Waals surface area contributed by atoms with Crippen LogP contribution in [0.4, 0.5) is 13.6 Å². The van der Waals surface area contributed by atoms with Crippen molar-refractivity contribution >= 4 is 12.1 Å². The summed E-state index contributed by atoms with van der Waals surface area (Å²) < 4.78 is 36.7. The predicted octanol–water partition coefficient (Wildman–Crippen LogP) is 2.19. The van der Waals surface area contributed by atoms with Gasteiger partial charge in [0.1, 0.15) is 11.6 Å². The van der Waals surface area contributed by atoms with Crippen LogP contribution < -0.4 is 0 Å². The van der Waals surface area contributed by atoms with Crippen LogP contribution in [-0.2, 0) is 14.3 Å². The first-order valence-electron chi connectivity index (χ1n) is 6.47. The van der Waals surface area contributed by atoms with E-state index in [0.717, 1.165) is 4.90 Å². The fourth-order valence-electron chi connectivity index (χ4n) is 2.61. The highest BCUT2D eigenvalue weighted by Gasteiger charge is 2.75. The number of alkyl halides is 2. The smallest absolute Gasteiger partial charge is 0.411 e. The molecule has 0 aromatic carbocycles. The fourth-order valence-corrected chi connectivity index (χ4v) is 2.61. The number of amides is 1. The summed E-state index contributed by atoms with van der Waals surface area (Å²) in [4.78, 5) is 24.8. The van der Waals surface area contributed by atoms with Gasteiger partial charge in [-0.2, -0.15) is 0 Å². The van der Waals surface area contributed by atoms with Crippen LogP contribution >= 0.6 is 0 Å². The van der Waals surface area contributed by atoms with E-state index in [9.17, 15) is 18.4 Å². The maximum absolute atomic E-state index is 13.5. The normalized spacial score (nSPS) is 31.3. The van der Waals surface area contributed by atoms with Gasteiger partial charge in [-0.15, -0.1) is 0 Å². The lowest BCUT2D eigenvalue weighted by atomic mass is 10.0. The summed E-state index contributed by atoms with van der Waals surface area (Å²) in [6.45, 7) is 4.86. The van der Waals surface area contributed by atoms with Crippen LogP contribution in [0.3, 0.4) is 0 Å². The van der Waals surface area contributed by atoms with Gasteiger partial charge in [0.15, 0.2) is 0 Å². The topological polar surface area (TPSA) is 55.8 Å². The van der Waals surface area contributed by atoms with E-state index >= 15 is 0 Å². The summed E-state index contributed by atoms with van der Waals surface area (Å²) in [5.41, 5.74) is -2.04. The van der Waals surface area contributed by atoms with Crippen LogP contribution in [0.5, 0.6) is 0 Å². The van der Waals surface area contributed by atoms with Gasteiger partial charge in [-0.3, -0.25) is 4.90 Å². The fraction of sp³-hybridized carbons (Fsp3) is 0.846.